The summed E-state index contributed by atoms with van der Waals surface area (Å²) in [6, 6.07) is 0. The van der Waals surface area contributed by atoms with E-state index in [2.05, 4.69) is 72.5 Å². The lowest BCUT2D eigenvalue weighted by Gasteiger charge is -2.15. The zero-order valence-electron chi connectivity index (χ0n) is 16.3. The fourth-order valence-electron chi connectivity index (χ4n) is 1.49. The van der Waals surface area contributed by atoms with Crippen LogP contribution < -0.4 is 11.1 Å². The average Bonchev–Trinajstić information content (AvgIpc) is 2.59. The number of nitrogens with two attached hydrogens (primary N) is 1. The van der Waals surface area contributed by atoms with Gasteiger partial charge in [-0.2, -0.15) is 0 Å². The van der Waals surface area contributed by atoms with Crippen molar-refractivity contribution >= 4 is 0 Å². The minimum Gasteiger partial charge on any atom is -0.330 e. The van der Waals surface area contributed by atoms with Gasteiger partial charge >= 0.3 is 0 Å². The Balaban J connectivity index is -0.000000120. The lowest BCUT2D eigenvalue weighted by atomic mass is 10.0. The van der Waals surface area contributed by atoms with Gasteiger partial charge in [-0.05, 0) is 43.0 Å². The van der Waals surface area contributed by atoms with Gasteiger partial charge in [0.05, 0.1) is 0 Å². The van der Waals surface area contributed by atoms with Crippen LogP contribution in [0.1, 0.15) is 47.0 Å². The second kappa shape index (κ2) is 28.7. The van der Waals surface area contributed by atoms with Crippen molar-refractivity contribution in [3.05, 3.63) is 62.8 Å². The average molecular weight is 323 g/mol. The van der Waals surface area contributed by atoms with Gasteiger partial charge in [-0.3, -0.25) is 0 Å². The van der Waals surface area contributed by atoms with Crippen LogP contribution in [0.4, 0.5) is 0 Å². The van der Waals surface area contributed by atoms with Gasteiger partial charge in [0.1, 0.15) is 0 Å². The van der Waals surface area contributed by atoms with Crippen LogP contribution in [0.25, 0.3) is 0 Å². The van der Waals surface area contributed by atoms with Crippen molar-refractivity contribution in [3.8, 4) is 0 Å². The van der Waals surface area contributed by atoms with Crippen molar-refractivity contribution in [1.29, 1.82) is 0 Å². The van der Waals surface area contributed by atoms with Gasteiger partial charge < -0.3 is 11.1 Å². The fraction of sp³-hybridized carbons (Fsp3) is 0.524. The van der Waals surface area contributed by atoms with E-state index in [-0.39, 0.29) is 0 Å². The van der Waals surface area contributed by atoms with Crippen LogP contribution in [-0.4, -0.2) is 19.6 Å². The van der Waals surface area contributed by atoms with E-state index < -0.39 is 0 Å². The van der Waals surface area contributed by atoms with E-state index in [0.29, 0.717) is 0 Å². The third-order valence-corrected chi connectivity index (χ3v) is 2.54. The predicted molar refractivity (Wildman–Crippen MR) is 112 cm³/mol. The summed E-state index contributed by atoms with van der Waals surface area (Å²) in [5, 5.41) is 3.27. The van der Waals surface area contributed by atoms with Gasteiger partial charge in [-0.25, -0.2) is 0 Å². The summed E-state index contributed by atoms with van der Waals surface area (Å²) < 4.78 is 0. The zero-order valence-corrected chi connectivity index (χ0v) is 16.3. The molecule has 0 spiro atoms. The van der Waals surface area contributed by atoms with Crippen molar-refractivity contribution in [1.82, 2.24) is 5.32 Å². The van der Waals surface area contributed by atoms with Crippen LogP contribution in [0.3, 0.4) is 0 Å². The summed E-state index contributed by atoms with van der Waals surface area (Å²) in [6.07, 6.45) is 7.33. The number of hydrogen-bond acceptors (Lipinski definition) is 2. The molecule has 1 heterocycles. The molecule has 0 aromatic rings. The smallest absolute Gasteiger partial charge is 0.0208 e. The summed E-state index contributed by atoms with van der Waals surface area (Å²) in [5.41, 5.74) is 7.86. The first-order valence-electron chi connectivity index (χ1n) is 8.44. The quantitative estimate of drug-likeness (QED) is 0.655. The van der Waals surface area contributed by atoms with Crippen LogP contribution in [0.15, 0.2) is 62.8 Å². The molecule has 23 heavy (non-hydrogen) atoms. The van der Waals surface area contributed by atoms with Crippen LogP contribution in [0.5, 0.6) is 0 Å². The Hall–Kier alpha value is -1.38. The van der Waals surface area contributed by atoms with Gasteiger partial charge in [-0.15, -0.1) is 26.3 Å². The molecule has 136 valence electrons. The summed E-state index contributed by atoms with van der Waals surface area (Å²) in [4.78, 5) is 0. The Bertz CT molecular complexity index is 256. The Kier molecular flexibility index (Phi) is 37.0. The first kappa shape index (κ1) is 29.6. The van der Waals surface area contributed by atoms with Gasteiger partial charge in [0, 0.05) is 6.54 Å². The Morgan fingerprint density at radius 2 is 1.48 bits per heavy atom. The van der Waals surface area contributed by atoms with Crippen LogP contribution >= 0.6 is 0 Å². The molecule has 0 radical (unpaired) electrons. The van der Waals surface area contributed by atoms with E-state index in [1.165, 1.54) is 17.6 Å². The highest BCUT2D eigenvalue weighted by atomic mass is 14.9. The van der Waals surface area contributed by atoms with Crippen molar-refractivity contribution in [2.75, 3.05) is 19.6 Å². The number of hydrogen-bond donors (Lipinski definition) is 2. The van der Waals surface area contributed by atoms with E-state index in [0.717, 1.165) is 38.4 Å². The fourth-order valence-corrected chi connectivity index (χ4v) is 1.49. The van der Waals surface area contributed by atoms with Gasteiger partial charge in [0.15, 0.2) is 0 Å². The molecule has 0 aliphatic carbocycles. The maximum absolute atomic E-state index is 5.23. The molecule has 0 aromatic carbocycles. The molecular weight excluding hydrogens is 280 g/mol. The molecule has 3 N–H and O–H groups in total. The standard InChI is InChI=1S/C9H13N.C5H13N.C3H8.2C2H4/c1-3-8-5-6-10-7-9(8)4-2;1-5(2)3-4-6;1-3-2;2*1-2/h3-4,10H,1-2,5-7H2;5H,3-4,6H2,1-2H3;3H2,1-2H3;2*1-2H2. The Morgan fingerprint density at radius 3 is 1.70 bits per heavy atom. The number of rotatable bonds is 4. The van der Waals surface area contributed by atoms with Crippen LogP contribution in [0.2, 0.25) is 0 Å². The van der Waals surface area contributed by atoms with Gasteiger partial charge in [-0.1, -0.05) is 59.4 Å². The van der Waals surface area contributed by atoms with E-state index in [9.17, 15) is 0 Å². The Labute approximate surface area is 146 Å². The van der Waals surface area contributed by atoms with Crippen molar-refractivity contribution in [3.63, 3.8) is 0 Å². The van der Waals surface area contributed by atoms with Crippen molar-refractivity contribution < 1.29 is 0 Å². The molecule has 1 rings (SSSR count). The highest BCUT2D eigenvalue weighted by Gasteiger charge is 2.05. The third kappa shape index (κ3) is 25.9. The minimum atomic E-state index is 0.773. The molecule has 0 saturated heterocycles. The molecule has 0 amide bonds. The molecule has 0 bridgehead atoms. The number of allylic oxidation sites excluding steroid dienone is 1. The lowest BCUT2D eigenvalue weighted by molar-refractivity contribution is 0.596. The largest absolute Gasteiger partial charge is 0.330 e. The summed E-state index contributed by atoms with van der Waals surface area (Å²) in [7, 11) is 0. The van der Waals surface area contributed by atoms with E-state index >= 15 is 0 Å². The molecule has 1 aliphatic rings. The maximum atomic E-state index is 5.23. The minimum absolute atomic E-state index is 0.773. The molecule has 0 aromatic heterocycles. The molecule has 0 atom stereocenters. The third-order valence-electron chi connectivity index (χ3n) is 2.54. The molecule has 2 nitrogen and oxygen atoms in total. The second-order valence-corrected chi connectivity index (χ2v) is 5.06. The second-order valence-electron chi connectivity index (χ2n) is 5.06. The van der Waals surface area contributed by atoms with Crippen LogP contribution in [0, 0.1) is 5.92 Å². The lowest BCUT2D eigenvalue weighted by Crippen LogP contribution is -2.23. The SMILES string of the molecule is C=C.C=C.C=CC1=C(C=C)CNCC1.CC(C)CCN.CCC. The topological polar surface area (TPSA) is 38.0 Å². The van der Waals surface area contributed by atoms with Crippen LogP contribution in [-0.2, 0) is 0 Å². The van der Waals surface area contributed by atoms with Crippen molar-refractivity contribution in [2.45, 2.75) is 47.0 Å². The molecule has 0 unspecified atom stereocenters. The molecule has 0 fully saturated rings. The van der Waals surface area contributed by atoms with E-state index in [1.54, 1.807) is 0 Å². The normalized spacial score (nSPS) is 11.9. The summed E-state index contributed by atoms with van der Waals surface area (Å²) in [5.74, 6) is 0.773. The van der Waals surface area contributed by atoms with Gasteiger partial charge in [0.25, 0.3) is 0 Å². The maximum Gasteiger partial charge on any atom is 0.0208 e. The zero-order chi connectivity index (χ0) is 19.1. The van der Waals surface area contributed by atoms with Crippen molar-refractivity contribution in [2.24, 2.45) is 11.7 Å². The monoisotopic (exact) mass is 322 g/mol. The molecule has 0 saturated carbocycles. The molecule has 2 heteroatoms. The summed E-state index contributed by atoms with van der Waals surface area (Å²) >= 11 is 0. The molecular formula is C21H42N2. The van der Waals surface area contributed by atoms with E-state index in [4.69, 9.17) is 5.73 Å². The van der Waals surface area contributed by atoms with E-state index in [1.807, 2.05) is 12.2 Å². The highest BCUT2D eigenvalue weighted by Crippen LogP contribution is 2.13. The Morgan fingerprint density at radius 1 is 1.04 bits per heavy atom. The summed E-state index contributed by atoms with van der Waals surface area (Å²) in [6.45, 7) is 30.9. The first-order chi connectivity index (χ1) is 11.1. The highest BCUT2D eigenvalue weighted by molar-refractivity contribution is 5.34. The number of nitrogens with one attached hydrogen (secondary N) is 1. The molecule has 1 aliphatic heterocycles. The first-order valence-corrected chi connectivity index (χ1v) is 8.44. The van der Waals surface area contributed by atoms with Gasteiger partial charge in [0.2, 0.25) is 0 Å². The predicted octanol–water partition coefficient (Wildman–Crippen LogP) is 5.66.